The molecule has 10 nitrogen and oxygen atoms in total. The number of carbonyl (C=O) groups is 2. The summed E-state index contributed by atoms with van der Waals surface area (Å²) < 4.78 is 5.32. The number of hydrogen-bond acceptors (Lipinski definition) is 7. The average Bonchev–Trinajstić information content (AvgIpc) is 3.57. The number of aromatic amines is 1. The van der Waals surface area contributed by atoms with E-state index in [0.717, 1.165) is 18.5 Å². The minimum Gasteiger partial charge on any atom is -0.447 e. The largest absolute Gasteiger partial charge is 0.447 e. The number of rotatable bonds is 5. The van der Waals surface area contributed by atoms with E-state index in [1.807, 2.05) is 26.8 Å². The molecule has 35 heavy (non-hydrogen) atoms. The third-order valence-corrected chi connectivity index (χ3v) is 6.43. The highest BCUT2D eigenvalue weighted by Crippen LogP contribution is 2.40. The molecular weight excluding hydrogens is 470 g/mol. The smallest absolute Gasteiger partial charge is 0.410 e. The zero-order valence-electron chi connectivity index (χ0n) is 19.9. The van der Waals surface area contributed by atoms with Gasteiger partial charge in [0.15, 0.2) is 5.82 Å². The molecule has 3 heterocycles. The van der Waals surface area contributed by atoms with Crippen LogP contribution >= 0.6 is 11.6 Å². The molecule has 2 aliphatic rings. The predicted molar refractivity (Wildman–Crippen MR) is 132 cm³/mol. The molecule has 2 aromatic heterocycles. The summed E-state index contributed by atoms with van der Waals surface area (Å²) in [5, 5.41) is 11.9. The first kappa shape index (κ1) is 23.3. The molecule has 1 unspecified atom stereocenters. The van der Waals surface area contributed by atoms with Crippen LogP contribution in [0.15, 0.2) is 24.3 Å². The van der Waals surface area contributed by atoms with Gasteiger partial charge in [0.25, 0.3) is 5.91 Å². The van der Waals surface area contributed by atoms with Crippen molar-refractivity contribution in [1.82, 2.24) is 30.0 Å². The maximum atomic E-state index is 13.4. The van der Waals surface area contributed by atoms with E-state index in [-0.39, 0.29) is 30.0 Å². The van der Waals surface area contributed by atoms with Gasteiger partial charge in [0, 0.05) is 53.8 Å². The van der Waals surface area contributed by atoms with E-state index >= 15 is 0 Å². The number of halogens is 1. The summed E-state index contributed by atoms with van der Waals surface area (Å²) in [5.41, 5.74) is 1.68. The Kier molecular flexibility index (Phi) is 6.22. The summed E-state index contributed by atoms with van der Waals surface area (Å²) in [7, 11) is 0. The first-order chi connectivity index (χ1) is 16.8. The molecule has 5 rings (SSSR count). The monoisotopic (exact) mass is 497 g/mol. The molecule has 2 amide bonds. The van der Waals surface area contributed by atoms with Gasteiger partial charge in [0.1, 0.15) is 5.82 Å². The van der Waals surface area contributed by atoms with E-state index in [4.69, 9.17) is 16.3 Å². The molecule has 0 spiro atoms. The fraction of sp³-hybridized carbons (Fsp3) is 0.458. The highest BCUT2D eigenvalue weighted by atomic mass is 35.5. The van der Waals surface area contributed by atoms with Gasteiger partial charge in [-0.1, -0.05) is 11.6 Å². The highest BCUT2D eigenvalue weighted by Gasteiger charge is 2.33. The Bertz CT molecular complexity index is 1270. The molecule has 1 saturated carbocycles. The number of hydrogen-bond donors (Lipinski definition) is 2. The van der Waals surface area contributed by atoms with Crippen molar-refractivity contribution in [2.45, 2.75) is 51.7 Å². The van der Waals surface area contributed by atoms with Crippen LogP contribution in [0.3, 0.4) is 0 Å². The number of benzene rings is 1. The first-order valence-corrected chi connectivity index (χ1v) is 12.2. The van der Waals surface area contributed by atoms with E-state index in [1.165, 1.54) is 0 Å². The zero-order chi connectivity index (χ0) is 24.7. The quantitative estimate of drug-likeness (QED) is 0.539. The summed E-state index contributed by atoms with van der Waals surface area (Å²) in [4.78, 5) is 38.2. The second kappa shape index (κ2) is 9.33. The van der Waals surface area contributed by atoms with Crippen LogP contribution in [0, 0.1) is 0 Å². The standard InChI is InChI=1S/C24H28ClN7O3/c1-13(2)35-24(34)32-9-8-31(12-14(32)3)23(33)22-26-18-7-6-16(25)10-17(18)21(28-22)27-20-11-19(29-30-20)15-4-5-15/h6-7,10-11,13-15H,4-5,8-9,12H2,1-3H3,(H2,26,27,28,29,30). The molecule has 11 heteroatoms. The van der Waals surface area contributed by atoms with Gasteiger partial charge in [-0.05, 0) is 51.8 Å². The van der Waals surface area contributed by atoms with Crippen molar-refractivity contribution in [3.8, 4) is 0 Å². The number of piperazine rings is 1. The Labute approximate surface area is 208 Å². The van der Waals surface area contributed by atoms with Crippen LogP contribution in [-0.4, -0.2) is 73.7 Å². The number of fused-ring (bicyclic) bond motifs is 1. The number of aromatic nitrogens is 4. The van der Waals surface area contributed by atoms with Gasteiger partial charge in [0.2, 0.25) is 5.82 Å². The van der Waals surface area contributed by atoms with Crippen molar-refractivity contribution in [1.29, 1.82) is 0 Å². The minimum atomic E-state index is -0.366. The van der Waals surface area contributed by atoms with E-state index in [0.29, 0.717) is 53.1 Å². The summed E-state index contributed by atoms with van der Waals surface area (Å²) >= 11 is 6.24. The lowest BCUT2D eigenvalue weighted by molar-refractivity contribution is 0.0313. The van der Waals surface area contributed by atoms with Gasteiger partial charge in [-0.2, -0.15) is 5.10 Å². The number of anilines is 2. The first-order valence-electron chi connectivity index (χ1n) is 11.8. The van der Waals surface area contributed by atoms with Crippen molar-refractivity contribution < 1.29 is 14.3 Å². The Hall–Kier alpha value is -3.40. The molecule has 2 fully saturated rings. The van der Waals surface area contributed by atoms with E-state index in [2.05, 4.69) is 25.5 Å². The molecule has 1 saturated heterocycles. The minimum absolute atomic E-state index is 0.0747. The third-order valence-electron chi connectivity index (χ3n) is 6.20. The predicted octanol–water partition coefficient (Wildman–Crippen LogP) is 4.32. The number of carbonyl (C=O) groups excluding carboxylic acids is 2. The lowest BCUT2D eigenvalue weighted by Crippen LogP contribution is -2.56. The summed E-state index contributed by atoms with van der Waals surface area (Å²) in [5.74, 6) is 1.39. The van der Waals surface area contributed by atoms with Crippen LogP contribution in [0.2, 0.25) is 5.02 Å². The molecule has 0 bridgehead atoms. The Balaban J connectivity index is 1.39. The molecule has 1 aromatic carbocycles. The van der Waals surface area contributed by atoms with Gasteiger partial charge in [-0.15, -0.1) is 0 Å². The van der Waals surface area contributed by atoms with Crippen molar-refractivity contribution >= 4 is 46.1 Å². The molecule has 1 atom stereocenters. The Morgan fingerprint density at radius 3 is 2.71 bits per heavy atom. The van der Waals surface area contributed by atoms with Gasteiger partial charge in [-0.25, -0.2) is 14.8 Å². The maximum Gasteiger partial charge on any atom is 0.410 e. The Morgan fingerprint density at radius 1 is 1.20 bits per heavy atom. The van der Waals surface area contributed by atoms with Crippen molar-refractivity contribution in [3.05, 3.63) is 40.8 Å². The average molecular weight is 498 g/mol. The topological polar surface area (TPSA) is 116 Å². The fourth-order valence-corrected chi connectivity index (χ4v) is 4.41. The van der Waals surface area contributed by atoms with E-state index in [1.54, 1.807) is 28.0 Å². The molecular formula is C24H28ClN7O3. The fourth-order valence-electron chi connectivity index (χ4n) is 4.24. The van der Waals surface area contributed by atoms with Gasteiger partial charge >= 0.3 is 6.09 Å². The third kappa shape index (κ3) is 5.02. The SMILES string of the molecule is CC(C)OC(=O)N1CCN(C(=O)c2nc(Nc3cc(C4CC4)[nH]n3)c3cc(Cl)ccc3n2)CC1C. The van der Waals surface area contributed by atoms with Crippen LogP contribution in [0.25, 0.3) is 10.9 Å². The summed E-state index contributed by atoms with van der Waals surface area (Å²) in [6.45, 7) is 6.63. The molecule has 1 aliphatic heterocycles. The van der Waals surface area contributed by atoms with Gasteiger partial charge in [-0.3, -0.25) is 9.89 Å². The van der Waals surface area contributed by atoms with Crippen LogP contribution in [0.5, 0.6) is 0 Å². The number of ether oxygens (including phenoxy) is 1. The molecule has 1 aliphatic carbocycles. The van der Waals surface area contributed by atoms with E-state index < -0.39 is 0 Å². The second-order valence-electron chi connectivity index (χ2n) is 9.39. The van der Waals surface area contributed by atoms with Crippen LogP contribution in [-0.2, 0) is 4.74 Å². The number of H-pyrrole nitrogens is 1. The number of nitrogens with one attached hydrogen (secondary N) is 2. The maximum absolute atomic E-state index is 13.4. The number of nitrogens with zero attached hydrogens (tertiary/aromatic N) is 5. The second-order valence-corrected chi connectivity index (χ2v) is 9.83. The highest BCUT2D eigenvalue weighted by molar-refractivity contribution is 6.31. The normalized spacial score (nSPS) is 18.3. The summed E-state index contributed by atoms with van der Waals surface area (Å²) in [6.07, 6.45) is 1.75. The Morgan fingerprint density at radius 2 is 2.00 bits per heavy atom. The molecule has 0 radical (unpaired) electrons. The van der Waals surface area contributed by atoms with Crippen molar-refractivity contribution in [3.63, 3.8) is 0 Å². The van der Waals surface area contributed by atoms with Crippen LogP contribution in [0.4, 0.5) is 16.4 Å². The van der Waals surface area contributed by atoms with Gasteiger partial charge < -0.3 is 19.9 Å². The molecule has 2 N–H and O–H groups in total. The number of amides is 2. The zero-order valence-corrected chi connectivity index (χ0v) is 20.7. The van der Waals surface area contributed by atoms with Crippen molar-refractivity contribution in [2.75, 3.05) is 25.0 Å². The summed E-state index contributed by atoms with van der Waals surface area (Å²) in [6, 6.07) is 7.04. The lowest BCUT2D eigenvalue weighted by atomic mass is 10.2. The lowest BCUT2D eigenvalue weighted by Gasteiger charge is -2.39. The van der Waals surface area contributed by atoms with Crippen LogP contribution in [0.1, 0.15) is 55.8 Å². The van der Waals surface area contributed by atoms with Crippen LogP contribution < -0.4 is 5.32 Å². The molecule has 3 aromatic rings. The molecule has 184 valence electrons. The van der Waals surface area contributed by atoms with Gasteiger partial charge in [0.05, 0.1) is 11.6 Å². The van der Waals surface area contributed by atoms with E-state index in [9.17, 15) is 9.59 Å². The van der Waals surface area contributed by atoms with Crippen molar-refractivity contribution in [2.24, 2.45) is 0 Å².